The monoisotopic (exact) mass is 1050 g/mol. The molecule has 0 amide bonds. The van der Waals surface area contributed by atoms with Crippen molar-refractivity contribution in [2.45, 2.75) is 263 Å². The van der Waals surface area contributed by atoms with Crippen LogP contribution < -0.4 is 0 Å². The average Bonchev–Trinajstić information content (AvgIpc) is 3.39. The van der Waals surface area contributed by atoms with E-state index in [1.54, 1.807) is 0 Å². The number of aliphatic hydroxyl groups is 2. The van der Waals surface area contributed by atoms with Gasteiger partial charge in [0.1, 0.15) is 18.8 Å². The van der Waals surface area contributed by atoms with Gasteiger partial charge in [0.05, 0.1) is 6.61 Å². The average molecular weight is 1050 g/mol. The molecule has 0 saturated carbocycles. The summed E-state index contributed by atoms with van der Waals surface area (Å²) in [6.07, 6.45) is 53.8. The van der Waals surface area contributed by atoms with Gasteiger partial charge in [-0.15, -0.1) is 0 Å². The lowest BCUT2D eigenvalue weighted by Gasteiger charge is -2.40. The molecule has 3 N–H and O–H groups in total. The molecule has 0 aromatic rings. The number of esters is 3. The van der Waals surface area contributed by atoms with Gasteiger partial charge in [-0.1, -0.05) is 214 Å². The van der Waals surface area contributed by atoms with Crippen molar-refractivity contribution in [3.63, 3.8) is 0 Å². The van der Waals surface area contributed by atoms with Crippen LogP contribution in [-0.4, -0.2) is 89.2 Å². The molecular formula is C63H102O12. The van der Waals surface area contributed by atoms with E-state index in [9.17, 15) is 34.5 Å². The van der Waals surface area contributed by atoms with Gasteiger partial charge < -0.3 is 39.0 Å². The first kappa shape index (κ1) is 68.7. The predicted molar refractivity (Wildman–Crippen MR) is 303 cm³/mol. The van der Waals surface area contributed by atoms with Crippen LogP contribution in [0.25, 0.3) is 0 Å². The third-order valence-corrected chi connectivity index (χ3v) is 12.7. The zero-order valence-electron chi connectivity index (χ0n) is 46.8. The van der Waals surface area contributed by atoms with Gasteiger partial charge in [0, 0.05) is 19.3 Å². The number of carbonyl (C=O) groups is 4. The highest BCUT2D eigenvalue weighted by Gasteiger charge is 2.50. The molecule has 1 fully saturated rings. The number of carboxylic acids is 1. The molecular weight excluding hydrogens is 949 g/mol. The Kier molecular flexibility index (Phi) is 46.2. The number of rotatable bonds is 48. The van der Waals surface area contributed by atoms with Crippen molar-refractivity contribution >= 4 is 23.9 Å². The molecule has 1 rings (SSSR count). The maximum absolute atomic E-state index is 13.1. The van der Waals surface area contributed by atoms with E-state index in [1.165, 1.54) is 57.8 Å². The van der Waals surface area contributed by atoms with Crippen molar-refractivity contribution < 1.29 is 58.2 Å². The second-order valence-electron chi connectivity index (χ2n) is 19.5. The van der Waals surface area contributed by atoms with Crippen LogP contribution in [0.2, 0.25) is 0 Å². The van der Waals surface area contributed by atoms with Gasteiger partial charge in [0.2, 0.25) is 0 Å². The van der Waals surface area contributed by atoms with E-state index < -0.39 is 67.3 Å². The van der Waals surface area contributed by atoms with Crippen LogP contribution in [0.4, 0.5) is 0 Å². The summed E-state index contributed by atoms with van der Waals surface area (Å²) < 4.78 is 28.3. The van der Waals surface area contributed by atoms with Gasteiger partial charge >= 0.3 is 23.9 Å². The second kappa shape index (κ2) is 50.5. The lowest BCUT2D eigenvalue weighted by Crippen LogP contribution is -2.61. The zero-order valence-corrected chi connectivity index (χ0v) is 46.8. The Balaban J connectivity index is 2.74. The number of aliphatic carboxylic acids is 1. The highest BCUT2D eigenvalue weighted by atomic mass is 16.7. The molecule has 426 valence electrons. The Morgan fingerprint density at radius 1 is 0.453 bits per heavy atom. The van der Waals surface area contributed by atoms with Crippen molar-refractivity contribution in [2.75, 3.05) is 13.2 Å². The Hall–Kier alpha value is -4.36. The first-order chi connectivity index (χ1) is 36.6. The molecule has 1 saturated heterocycles. The molecule has 12 heteroatoms. The van der Waals surface area contributed by atoms with Crippen LogP contribution in [0.15, 0.2) is 97.2 Å². The molecule has 12 nitrogen and oxygen atoms in total. The number of allylic oxidation sites excluding steroid dienone is 16. The first-order valence-corrected chi connectivity index (χ1v) is 29.2. The third kappa shape index (κ3) is 40.6. The Morgan fingerprint density at radius 2 is 0.853 bits per heavy atom. The minimum atomic E-state index is -1.92. The fourth-order valence-electron chi connectivity index (χ4n) is 8.24. The maximum Gasteiger partial charge on any atom is 0.335 e. The summed E-state index contributed by atoms with van der Waals surface area (Å²) in [5.74, 6) is -3.22. The first-order valence-electron chi connectivity index (χ1n) is 29.2. The Morgan fingerprint density at radius 3 is 1.32 bits per heavy atom. The standard InChI is InChI=1S/C63H102O12/c1-4-7-10-13-16-19-22-25-27-28-30-32-34-37-40-43-46-49-55(64)71-52-54(73-56(65)50-47-44-41-38-35-31-24-21-18-15-12-9-6-3)53-72-63-61(59(68)58(67)60(75-63)62(69)70)74-57(66)51-48-45-42-39-36-33-29-26-23-20-17-14-11-8-5-2/h7-8,10-11,16-17,19-20,25-27,29-30,32,37,40,54,58-61,63,67-68H,4-6,9,12-15,18,21-24,28,31,33-36,38-39,41-53H2,1-3H3,(H,69,70)/b10-7-,11-8-,19-16-,20-17-,27-25-,29-26-,32-30-,40-37-. The third-order valence-electron chi connectivity index (χ3n) is 12.7. The highest BCUT2D eigenvalue weighted by Crippen LogP contribution is 2.26. The zero-order chi connectivity index (χ0) is 54.7. The molecule has 1 aliphatic heterocycles. The van der Waals surface area contributed by atoms with Crippen LogP contribution in [-0.2, 0) is 42.9 Å². The van der Waals surface area contributed by atoms with Crippen LogP contribution in [0, 0.1) is 0 Å². The van der Waals surface area contributed by atoms with E-state index in [2.05, 4.69) is 112 Å². The number of carboxylic acid groups (broad SMARTS) is 1. The number of aliphatic hydroxyl groups excluding tert-OH is 2. The second-order valence-corrected chi connectivity index (χ2v) is 19.5. The van der Waals surface area contributed by atoms with Crippen molar-refractivity contribution in [1.29, 1.82) is 0 Å². The van der Waals surface area contributed by atoms with Crippen LogP contribution in [0.1, 0.15) is 226 Å². The molecule has 0 bridgehead atoms. The van der Waals surface area contributed by atoms with Crippen molar-refractivity contribution in [1.82, 2.24) is 0 Å². The van der Waals surface area contributed by atoms with E-state index in [1.807, 2.05) is 6.08 Å². The van der Waals surface area contributed by atoms with Crippen LogP contribution in [0.5, 0.6) is 0 Å². The van der Waals surface area contributed by atoms with Crippen molar-refractivity contribution in [2.24, 2.45) is 0 Å². The Bertz CT molecular complexity index is 1670. The SMILES string of the molecule is CC/C=C\C/C=C\C/C=C\C/C=C\C/C=C\CCCC(=O)OCC(COC1OC(C(=O)O)C(O)C(O)C1OC(=O)CCCCCCC/C=C\C/C=C\C/C=C\CC)OC(=O)CCCCCCCCCCCCCCC. The molecule has 0 radical (unpaired) electrons. The van der Waals surface area contributed by atoms with Gasteiger partial charge in [0.25, 0.3) is 0 Å². The molecule has 75 heavy (non-hydrogen) atoms. The molecule has 6 atom stereocenters. The topological polar surface area (TPSA) is 175 Å². The number of carbonyl (C=O) groups excluding carboxylic acids is 3. The smallest absolute Gasteiger partial charge is 0.335 e. The fraction of sp³-hybridized carbons (Fsp3) is 0.683. The number of hydrogen-bond donors (Lipinski definition) is 3. The molecule has 1 aliphatic rings. The van der Waals surface area contributed by atoms with E-state index in [-0.39, 0.29) is 25.9 Å². The summed E-state index contributed by atoms with van der Waals surface area (Å²) >= 11 is 0. The molecule has 6 unspecified atom stereocenters. The molecule has 1 heterocycles. The summed E-state index contributed by atoms with van der Waals surface area (Å²) in [6, 6.07) is 0. The summed E-state index contributed by atoms with van der Waals surface area (Å²) in [6.45, 7) is 5.70. The number of hydrogen-bond acceptors (Lipinski definition) is 11. The maximum atomic E-state index is 13.1. The normalized spacial score (nSPS) is 18.9. The minimum absolute atomic E-state index is 0.0323. The number of ether oxygens (including phenoxy) is 5. The van der Waals surface area contributed by atoms with Crippen molar-refractivity contribution in [3.8, 4) is 0 Å². The predicted octanol–water partition coefficient (Wildman–Crippen LogP) is 14.9. The Labute approximate surface area is 453 Å². The fourth-order valence-corrected chi connectivity index (χ4v) is 8.24. The van der Waals surface area contributed by atoms with E-state index in [0.717, 1.165) is 103 Å². The molecule has 0 aromatic carbocycles. The van der Waals surface area contributed by atoms with Gasteiger partial charge in [-0.3, -0.25) is 14.4 Å². The quantitative estimate of drug-likeness (QED) is 0.0228. The van der Waals surface area contributed by atoms with Gasteiger partial charge in [0.15, 0.2) is 24.6 Å². The van der Waals surface area contributed by atoms with E-state index in [4.69, 9.17) is 23.7 Å². The summed E-state index contributed by atoms with van der Waals surface area (Å²) in [7, 11) is 0. The van der Waals surface area contributed by atoms with Gasteiger partial charge in [-0.25, -0.2) is 4.79 Å². The lowest BCUT2D eigenvalue weighted by molar-refractivity contribution is -0.301. The van der Waals surface area contributed by atoms with Gasteiger partial charge in [-0.05, 0) is 89.9 Å². The van der Waals surface area contributed by atoms with Crippen molar-refractivity contribution in [3.05, 3.63) is 97.2 Å². The highest BCUT2D eigenvalue weighted by molar-refractivity contribution is 5.74. The summed E-state index contributed by atoms with van der Waals surface area (Å²) in [5, 5.41) is 31.5. The van der Waals surface area contributed by atoms with Crippen LogP contribution in [0.3, 0.4) is 0 Å². The molecule has 0 aliphatic carbocycles. The molecule has 0 spiro atoms. The minimum Gasteiger partial charge on any atom is -0.479 e. The van der Waals surface area contributed by atoms with E-state index >= 15 is 0 Å². The lowest BCUT2D eigenvalue weighted by atomic mass is 9.98. The largest absolute Gasteiger partial charge is 0.479 e. The summed E-state index contributed by atoms with van der Waals surface area (Å²) in [5.41, 5.74) is 0. The van der Waals surface area contributed by atoms with E-state index in [0.29, 0.717) is 25.7 Å². The number of unbranched alkanes of at least 4 members (excludes halogenated alkanes) is 18. The molecule has 0 aromatic heterocycles. The van der Waals surface area contributed by atoms with Gasteiger partial charge in [-0.2, -0.15) is 0 Å². The summed E-state index contributed by atoms with van der Waals surface area (Å²) in [4.78, 5) is 51.1. The van der Waals surface area contributed by atoms with Crippen LogP contribution >= 0.6 is 0 Å².